The zero-order valence-electron chi connectivity index (χ0n) is 18.1. The number of aryl methyl sites for hydroxylation is 2. The van der Waals surface area contributed by atoms with E-state index in [4.69, 9.17) is 13.6 Å². The fourth-order valence-electron chi connectivity index (χ4n) is 3.20. The third-order valence-electron chi connectivity index (χ3n) is 4.75. The zero-order valence-corrected chi connectivity index (χ0v) is 18.9. The number of hydrogen-bond acceptors (Lipinski definition) is 6. The normalized spacial score (nSPS) is 10.8. The fourth-order valence-corrected chi connectivity index (χ4v) is 4.23. The Bertz CT molecular complexity index is 989. The Morgan fingerprint density at radius 1 is 1.03 bits per heavy atom. The molecule has 0 spiro atoms. The van der Waals surface area contributed by atoms with Crippen molar-refractivity contribution in [2.45, 2.75) is 44.4 Å². The maximum atomic E-state index is 13.1. The Balaban J connectivity index is 1.67. The molecule has 0 aliphatic carbocycles. The molecule has 0 atom stereocenters. The van der Waals surface area contributed by atoms with Gasteiger partial charge in [-0.3, -0.25) is 9.59 Å². The summed E-state index contributed by atoms with van der Waals surface area (Å²) >= 11 is 1.69. The molecule has 0 unspecified atom stereocenters. The van der Waals surface area contributed by atoms with Gasteiger partial charge >= 0.3 is 5.97 Å². The molecule has 2 heterocycles. The van der Waals surface area contributed by atoms with E-state index in [1.165, 1.54) is 20.9 Å². The van der Waals surface area contributed by atoms with Crippen molar-refractivity contribution in [2.24, 2.45) is 0 Å². The second-order valence-electron chi connectivity index (χ2n) is 7.14. The molecule has 0 bridgehead atoms. The number of amides is 1. The van der Waals surface area contributed by atoms with Crippen molar-refractivity contribution in [3.05, 3.63) is 77.1 Å². The van der Waals surface area contributed by atoms with E-state index in [0.29, 0.717) is 18.1 Å². The second-order valence-corrected chi connectivity index (χ2v) is 8.12. The minimum atomic E-state index is -0.343. The van der Waals surface area contributed by atoms with Gasteiger partial charge in [0, 0.05) is 11.4 Å². The van der Waals surface area contributed by atoms with Gasteiger partial charge in [-0.1, -0.05) is 18.2 Å². The first-order chi connectivity index (χ1) is 15.0. The summed E-state index contributed by atoms with van der Waals surface area (Å²) in [6.45, 7) is 6.70. The Morgan fingerprint density at radius 2 is 1.81 bits per heavy atom. The maximum absolute atomic E-state index is 13.1. The Hall–Kier alpha value is -2.93. The molecule has 0 saturated carbocycles. The van der Waals surface area contributed by atoms with E-state index in [1.807, 2.05) is 12.1 Å². The highest BCUT2D eigenvalue weighted by Gasteiger charge is 2.22. The van der Waals surface area contributed by atoms with Crippen LogP contribution in [0.4, 0.5) is 0 Å². The highest BCUT2D eigenvalue weighted by atomic mass is 32.2. The molecule has 0 saturated heterocycles. The van der Waals surface area contributed by atoms with Crippen molar-refractivity contribution in [3.63, 3.8) is 0 Å². The van der Waals surface area contributed by atoms with Crippen molar-refractivity contribution in [1.29, 1.82) is 0 Å². The predicted octanol–water partition coefficient (Wildman–Crippen LogP) is 5.38. The minimum absolute atomic E-state index is 0.107. The van der Waals surface area contributed by atoms with Crippen LogP contribution in [0, 0.1) is 13.8 Å². The first kappa shape index (κ1) is 22.7. The van der Waals surface area contributed by atoms with Crippen molar-refractivity contribution >= 4 is 23.6 Å². The summed E-state index contributed by atoms with van der Waals surface area (Å²) in [5, 5.41) is 0. The highest BCUT2D eigenvalue weighted by Crippen LogP contribution is 2.29. The Kier molecular flexibility index (Phi) is 8.00. The van der Waals surface area contributed by atoms with Gasteiger partial charge < -0.3 is 18.5 Å². The summed E-state index contributed by atoms with van der Waals surface area (Å²) in [6.07, 6.45) is 1.66. The van der Waals surface area contributed by atoms with Gasteiger partial charge in [0.15, 0.2) is 5.76 Å². The largest absolute Gasteiger partial charge is 0.467 e. The van der Waals surface area contributed by atoms with Gasteiger partial charge in [0.1, 0.15) is 11.5 Å². The van der Waals surface area contributed by atoms with Crippen LogP contribution in [-0.4, -0.2) is 29.9 Å². The molecule has 2 aromatic heterocycles. The third-order valence-corrected chi connectivity index (χ3v) is 6.11. The monoisotopic (exact) mass is 441 g/mol. The summed E-state index contributed by atoms with van der Waals surface area (Å²) in [6, 6.07) is 13.3. The molecule has 31 heavy (non-hydrogen) atoms. The van der Waals surface area contributed by atoms with Crippen molar-refractivity contribution in [2.75, 3.05) is 13.2 Å². The van der Waals surface area contributed by atoms with Gasteiger partial charge in [0.2, 0.25) is 0 Å². The van der Waals surface area contributed by atoms with Crippen LogP contribution in [0.5, 0.6) is 0 Å². The van der Waals surface area contributed by atoms with Crippen LogP contribution in [0.1, 0.15) is 46.5 Å². The number of rotatable bonds is 10. The molecule has 0 aliphatic rings. The summed E-state index contributed by atoms with van der Waals surface area (Å²) in [7, 11) is 0. The molecule has 6 nitrogen and oxygen atoms in total. The Morgan fingerprint density at radius 3 is 2.48 bits per heavy atom. The molecule has 3 aromatic rings. The summed E-state index contributed by atoms with van der Waals surface area (Å²) < 4.78 is 16.2. The number of thioether (sulfide) groups is 1. The van der Waals surface area contributed by atoms with E-state index in [2.05, 4.69) is 26.0 Å². The quantitative estimate of drug-likeness (QED) is 0.311. The summed E-state index contributed by atoms with van der Waals surface area (Å²) in [4.78, 5) is 27.6. The number of ether oxygens (including phenoxy) is 1. The van der Waals surface area contributed by atoms with Crippen molar-refractivity contribution in [1.82, 2.24) is 4.90 Å². The zero-order chi connectivity index (χ0) is 22.2. The number of hydrogen-bond donors (Lipinski definition) is 0. The molecular formula is C24H27NO5S. The Labute approximate surface area is 186 Å². The van der Waals surface area contributed by atoms with Gasteiger partial charge in [0.05, 0.1) is 31.6 Å². The molecule has 3 rings (SSSR count). The number of nitrogens with zero attached hydrogens (tertiary/aromatic N) is 1. The van der Waals surface area contributed by atoms with Gasteiger partial charge in [-0.05, 0) is 56.2 Å². The average Bonchev–Trinajstić information content (AvgIpc) is 3.42. The standard InChI is InChI=1S/C24H27NO5S/c1-4-28-22(26)12-13-25(15-19-9-6-14-29-19)24(27)21-11-10-20(30-21)16-31-23-17(2)7-5-8-18(23)3/h5-11,14H,4,12-13,15-16H2,1-3H3. The van der Waals surface area contributed by atoms with E-state index in [1.54, 1.807) is 43.1 Å². The first-order valence-corrected chi connectivity index (χ1v) is 11.2. The van der Waals surface area contributed by atoms with Crippen LogP contribution >= 0.6 is 11.8 Å². The molecule has 1 aromatic carbocycles. The topological polar surface area (TPSA) is 72.9 Å². The van der Waals surface area contributed by atoms with Crippen LogP contribution in [0.3, 0.4) is 0 Å². The number of carbonyl (C=O) groups is 2. The van der Waals surface area contributed by atoms with Crippen LogP contribution < -0.4 is 0 Å². The van der Waals surface area contributed by atoms with Gasteiger partial charge in [-0.25, -0.2) is 0 Å². The van der Waals surface area contributed by atoms with Gasteiger partial charge in [-0.2, -0.15) is 0 Å². The lowest BCUT2D eigenvalue weighted by atomic mass is 10.2. The van der Waals surface area contributed by atoms with Crippen molar-refractivity contribution in [3.8, 4) is 0 Å². The molecule has 164 valence electrons. The fraction of sp³-hybridized carbons (Fsp3) is 0.333. The van der Waals surface area contributed by atoms with Gasteiger partial charge in [-0.15, -0.1) is 11.8 Å². The van der Waals surface area contributed by atoms with Crippen LogP contribution in [-0.2, 0) is 21.8 Å². The summed E-state index contributed by atoms with van der Waals surface area (Å²) in [5.41, 5.74) is 2.44. The van der Waals surface area contributed by atoms with E-state index >= 15 is 0 Å². The molecule has 7 heteroatoms. The molecule has 0 aliphatic heterocycles. The SMILES string of the molecule is CCOC(=O)CCN(Cc1ccco1)C(=O)c1ccc(CSc2c(C)cccc2C)o1. The third kappa shape index (κ3) is 6.28. The maximum Gasteiger partial charge on any atom is 0.307 e. The first-order valence-electron chi connectivity index (χ1n) is 10.2. The number of esters is 1. The van der Waals surface area contributed by atoms with Crippen molar-refractivity contribution < 1.29 is 23.2 Å². The lowest BCUT2D eigenvalue weighted by Gasteiger charge is -2.20. The highest BCUT2D eigenvalue weighted by molar-refractivity contribution is 7.98. The van der Waals surface area contributed by atoms with E-state index in [0.717, 1.165) is 5.76 Å². The number of carbonyl (C=O) groups excluding carboxylic acids is 2. The minimum Gasteiger partial charge on any atom is -0.467 e. The molecular weight excluding hydrogens is 414 g/mol. The van der Waals surface area contributed by atoms with E-state index in [9.17, 15) is 9.59 Å². The molecule has 0 N–H and O–H groups in total. The smallest absolute Gasteiger partial charge is 0.307 e. The van der Waals surface area contributed by atoms with Crippen LogP contribution in [0.2, 0.25) is 0 Å². The average molecular weight is 442 g/mol. The summed E-state index contributed by atoms with van der Waals surface area (Å²) in [5.74, 6) is 1.59. The molecule has 0 radical (unpaired) electrons. The number of furan rings is 2. The predicted molar refractivity (Wildman–Crippen MR) is 119 cm³/mol. The molecule has 0 fully saturated rings. The van der Waals surface area contributed by atoms with E-state index < -0.39 is 0 Å². The second kappa shape index (κ2) is 10.9. The lowest BCUT2D eigenvalue weighted by molar-refractivity contribution is -0.143. The van der Waals surface area contributed by atoms with E-state index in [-0.39, 0.29) is 37.1 Å². The number of benzene rings is 1. The van der Waals surface area contributed by atoms with Crippen LogP contribution in [0.15, 0.2) is 62.5 Å². The van der Waals surface area contributed by atoms with Crippen LogP contribution in [0.25, 0.3) is 0 Å². The lowest BCUT2D eigenvalue weighted by Crippen LogP contribution is -2.32. The van der Waals surface area contributed by atoms with Gasteiger partial charge in [0.25, 0.3) is 5.91 Å². The molecule has 1 amide bonds.